The number of nitrogens with one attached hydrogen (secondary N) is 1. The van der Waals surface area contributed by atoms with Gasteiger partial charge in [0.25, 0.3) is 0 Å². The highest BCUT2D eigenvalue weighted by molar-refractivity contribution is 7.98. The van der Waals surface area contributed by atoms with Crippen LogP contribution in [0, 0.1) is 0 Å². The maximum absolute atomic E-state index is 11.4. The van der Waals surface area contributed by atoms with Crippen LogP contribution in [0.1, 0.15) is 11.1 Å². The van der Waals surface area contributed by atoms with Crippen molar-refractivity contribution in [1.82, 2.24) is 5.43 Å². The second-order valence-corrected chi connectivity index (χ2v) is 5.74. The van der Waals surface area contributed by atoms with Crippen molar-refractivity contribution in [3.8, 4) is 0 Å². The van der Waals surface area contributed by atoms with Gasteiger partial charge in [0.2, 0.25) is 5.91 Å². The lowest BCUT2D eigenvalue weighted by Gasteiger charge is -2.08. The van der Waals surface area contributed by atoms with Crippen molar-refractivity contribution in [3.63, 3.8) is 0 Å². The Bertz CT molecular complexity index is 587. The van der Waals surface area contributed by atoms with Gasteiger partial charge in [-0.3, -0.25) is 10.2 Å². The van der Waals surface area contributed by atoms with E-state index < -0.39 is 0 Å². The van der Waals surface area contributed by atoms with E-state index in [1.807, 2.05) is 48.5 Å². The average Bonchev–Trinajstić information content (AvgIpc) is 2.48. The number of thioether (sulfide) groups is 1. The zero-order chi connectivity index (χ0) is 14.4. The van der Waals surface area contributed by atoms with Crippen LogP contribution < -0.4 is 11.3 Å². The summed E-state index contributed by atoms with van der Waals surface area (Å²) >= 11 is 7.57. The Morgan fingerprint density at radius 3 is 2.40 bits per heavy atom. The predicted molar refractivity (Wildman–Crippen MR) is 83.5 cm³/mol. The first kappa shape index (κ1) is 14.9. The molecule has 0 aromatic heterocycles. The summed E-state index contributed by atoms with van der Waals surface area (Å²) in [5.41, 5.74) is 4.29. The van der Waals surface area contributed by atoms with Crippen molar-refractivity contribution < 1.29 is 4.79 Å². The van der Waals surface area contributed by atoms with Crippen molar-refractivity contribution in [2.24, 2.45) is 5.84 Å². The number of hydrogen-bond donors (Lipinski definition) is 2. The Morgan fingerprint density at radius 1 is 1.10 bits per heavy atom. The van der Waals surface area contributed by atoms with Crippen molar-refractivity contribution in [2.45, 2.75) is 17.1 Å². The molecule has 2 aromatic carbocycles. The second-order valence-electron chi connectivity index (χ2n) is 4.26. The first-order chi connectivity index (χ1) is 9.69. The van der Waals surface area contributed by atoms with E-state index in [2.05, 4.69) is 5.43 Å². The molecule has 104 valence electrons. The van der Waals surface area contributed by atoms with Crippen LogP contribution >= 0.6 is 23.4 Å². The molecule has 0 bridgehead atoms. The number of carbonyl (C=O) groups excluding carboxylic acids is 1. The third-order valence-corrected chi connectivity index (χ3v) is 4.15. The number of hydrogen-bond acceptors (Lipinski definition) is 3. The van der Waals surface area contributed by atoms with E-state index in [1.54, 1.807) is 11.8 Å². The molecule has 0 heterocycles. The van der Waals surface area contributed by atoms with Crippen LogP contribution in [0.5, 0.6) is 0 Å². The number of carbonyl (C=O) groups is 1. The van der Waals surface area contributed by atoms with E-state index in [9.17, 15) is 4.79 Å². The Hall–Kier alpha value is -1.49. The molecule has 0 saturated carbocycles. The number of rotatable bonds is 5. The van der Waals surface area contributed by atoms with Crippen LogP contribution in [0.4, 0.5) is 0 Å². The Labute approximate surface area is 127 Å². The quantitative estimate of drug-likeness (QED) is 0.386. The lowest BCUT2D eigenvalue weighted by atomic mass is 10.1. The van der Waals surface area contributed by atoms with Crippen LogP contribution in [0.2, 0.25) is 5.02 Å². The van der Waals surface area contributed by atoms with Gasteiger partial charge < -0.3 is 0 Å². The molecule has 0 radical (unpaired) electrons. The van der Waals surface area contributed by atoms with Gasteiger partial charge in [-0.25, -0.2) is 5.84 Å². The summed E-state index contributed by atoms with van der Waals surface area (Å²) in [5, 5.41) is 0.731. The minimum absolute atomic E-state index is 0.186. The predicted octanol–water partition coefficient (Wildman–Crippen LogP) is 3.16. The molecule has 2 aromatic rings. The first-order valence-corrected chi connectivity index (χ1v) is 7.50. The van der Waals surface area contributed by atoms with Crippen LogP contribution in [-0.4, -0.2) is 5.91 Å². The summed E-state index contributed by atoms with van der Waals surface area (Å²) in [6.07, 6.45) is 0.299. The fourth-order valence-corrected chi connectivity index (χ4v) is 2.84. The van der Waals surface area contributed by atoms with Crippen LogP contribution in [0.3, 0.4) is 0 Å². The van der Waals surface area contributed by atoms with Gasteiger partial charge >= 0.3 is 0 Å². The molecular formula is C15H15ClN2OS. The molecule has 2 rings (SSSR count). The van der Waals surface area contributed by atoms with Crippen molar-refractivity contribution in [2.75, 3.05) is 0 Å². The zero-order valence-electron chi connectivity index (χ0n) is 10.8. The van der Waals surface area contributed by atoms with Crippen molar-refractivity contribution in [1.29, 1.82) is 0 Å². The van der Waals surface area contributed by atoms with E-state index in [4.69, 9.17) is 17.4 Å². The summed E-state index contributed by atoms with van der Waals surface area (Å²) in [6, 6.07) is 15.6. The molecule has 3 nitrogen and oxygen atoms in total. The molecule has 5 heteroatoms. The van der Waals surface area contributed by atoms with Gasteiger partial charge in [-0.15, -0.1) is 11.8 Å². The van der Waals surface area contributed by atoms with Crippen LogP contribution in [0.25, 0.3) is 0 Å². The molecular weight excluding hydrogens is 292 g/mol. The Balaban J connectivity index is 2.05. The van der Waals surface area contributed by atoms with Crippen molar-refractivity contribution >= 4 is 29.3 Å². The van der Waals surface area contributed by atoms with Gasteiger partial charge in [0.1, 0.15) is 0 Å². The number of amides is 1. The van der Waals surface area contributed by atoms with Crippen LogP contribution in [0.15, 0.2) is 53.4 Å². The number of hydrazine groups is 1. The van der Waals surface area contributed by atoms with Crippen LogP contribution in [-0.2, 0) is 17.0 Å². The molecule has 0 fully saturated rings. The number of nitrogens with two attached hydrogens (primary N) is 1. The maximum atomic E-state index is 11.4. The van der Waals surface area contributed by atoms with Gasteiger partial charge in [-0.1, -0.05) is 35.9 Å². The van der Waals surface area contributed by atoms with E-state index in [0.29, 0.717) is 6.42 Å². The normalized spacial score (nSPS) is 10.3. The molecule has 20 heavy (non-hydrogen) atoms. The summed E-state index contributed by atoms with van der Waals surface area (Å²) in [6.45, 7) is 0. The standard InChI is InChI=1S/C15H15ClN2OS/c16-13-5-7-14(8-6-13)20-10-12-4-2-1-3-11(12)9-15(19)18-17/h1-8H,9-10,17H2,(H,18,19). The smallest absolute Gasteiger partial charge is 0.238 e. The zero-order valence-corrected chi connectivity index (χ0v) is 12.4. The van der Waals surface area contributed by atoms with E-state index >= 15 is 0 Å². The summed E-state index contributed by atoms with van der Waals surface area (Å²) in [4.78, 5) is 12.5. The topological polar surface area (TPSA) is 55.1 Å². The minimum Gasteiger partial charge on any atom is -0.294 e. The van der Waals surface area contributed by atoms with Gasteiger partial charge in [-0.2, -0.15) is 0 Å². The van der Waals surface area contributed by atoms with Gasteiger partial charge in [0, 0.05) is 15.7 Å². The minimum atomic E-state index is -0.186. The summed E-state index contributed by atoms with van der Waals surface area (Å²) < 4.78 is 0. The second kappa shape index (κ2) is 7.33. The fraction of sp³-hybridized carbons (Fsp3) is 0.133. The highest BCUT2D eigenvalue weighted by Gasteiger charge is 2.07. The molecule has 0 aliphatic heterocycles. The molecule has 3 N–H and O–H groups in total. The van der Waals surface area contributed by atoms with E-state index in [0.717, 1.165) is 26.8 Å². The first-order valence-electron chi connectivity index (χ1n) is 6.13. The lowest BCUT2D eigenvalue weighted by molar-refractivity contribution is -0.120. The van der Waals surface area contributed by atoms with Gasteiger partial charge in [0.15, 0.2) is 0 Å². The third-order valence-electron chi connectivity index (χ3n) is 2.84. The molecule has 0 aliphatic rings. The third kappa shape index (κ3) is 4.27. The summed E-state index contributed by atoms with van der Waals surface area (Å²) in [5.74, 6) is 5.75. The lowest BCUT2D eigenvalue weighted by Crippen LogP contribution is -2.31. The maximum Gasteiger partial charge on any atom is 0.238 e. The average molecular weight is 307 g/mol. The SMILES string of the molecule is NNC(=O)Cc1ccccc1CSc1ccc(Cl)cc1. The number of benzene rings is 2. The molecule has 0 aliphatic carbocycles. The van der Waals surface area contributed by atoms with Gasteiger partial charge in [-0.05, 0) is 35.4 Å². The highest BCUT2D eigenvalue weighted by Crippen LogP contribution is 2.25. The number of halogens is 1. The largest absolute Gasteiger partial charge is 0.294 e. The monoisotopic (exact) mass is 306 g/mol. The Kier molecular flexibility index (Phi) is 5.47. The fourth-order valence-electron chi connectivity index (χ4n) is 1.79. The molecule has 0 saturated heterocycles. The molecule has 0 atom stereocenters. The van der Waals surface area contributed by atoms with E-state index in [-0.39, 0.29) is 5.91 Å². The van der Waals surface area contributed by atoms with Crippen molar-refractivity contribution in [3.05, 3.63) is 64.7 Å². The molecule has 0 unspecified atom stereocenters. The Morgan fingerprint density at radius 2 is 1.75 bits per heavy atom. The molecule has 0 spiro atoms. The highest BCUT2D eigenvalue weighted by atomic mass is 35.5. The van der Waals surface area contributed by atoms with Gasteiger partial charge in [0.05, 0.1) is 6.42 Å². The van der Waals surface area contributed by atoms with E-state index in [1.165, 1.54) is 0 Å². The summed E-state index contributed by atoms with van der Waals surface area (Å²) in [7, 11) is 0. The molecule has 1 amide bonds.